The van der Waals surface area contributed by atoms with Gasteiger partial charge in [0.1, 0.15) is 11.6 Å². The van der Waals surface area contributed by atoms with Crippen LogP contribution in [0.5, 0.6) is 0 Å². The Morgan fingerprint density at radius 1 is 1.03 bits per heavy atom. The van der Waals surface area contributed by atoms with E-state index in [1.165, 1.54) is 12.1 Å². The summed E-state index contributed by atoms with van der Waals surface area (Å²) in [7, 11) is 0. The number of nitrogens with zero attached hydrogens (tertiary/aromatic N) is 3. The molecule has 0 spiro atoms. The Morgan fingerprint density at radius 3 is 2.60 bits per heavy atom. The maximum absolute atomic E-state index is 13.2. The number of hydrogen-bond donors (Lipinski definition) is 2. The fraction of sp³-hybridized carbons (Fsp3) is 0.333. The van der Waals surface area contributed by atoms with Crippen LogP contribution in [0.2, 0.25) is 0 Å². The lowest BCUT2D eigenvalue weighted by Gasteiger charge is -2.27. The Kier molecular flexibility index (Phi) is 6.42. The molecule has 0 bridgehead atoms. The van der Waals surface area contributed by atoms with E-state index in [4.69, 9.17) is 4.98 Å². The van der Waals surface area contributed by atoms with E-state index in [1.807, 2.05) is 18.2 Å². The molecule has 2 N–H and O–H groups in total. The average molecular weight is 406 g/mol. The maximum atomic E-state index is 13.2. The lowest BCUT2D eigenvalue weighted by Crippen LogP contribution is -2.35. The molecule has 1 saturated heterocycles. The molecule has 1 aliphatic rings. The number of aryl methyl sites for hydroxylation is 1. The third-order valence-electron chi connectivity index (χ3n) is 5.36. The topological polar surface area (TPSA) is 53.1 Å². The van der Waals surface area contributed by atoms with E-state index in [2.05, 4.69) is 45.6 Å². The number of nitrogens with one attached hydrogen (secondary N) is 2. The van der Waals surface area contributed by atoms with Crippen LogP contribution >= 0.6 is 0 Å². The normalized spacial score (nSPS) is 15.9. The van der Waals surface area contributed by atoms with Crippen LogP contribution in [0.25, 0.3) is 0 Å². The van der Waals surface area contributed by atoms with Gasteiger partial charge in [-0.1, -0.05) is 31.5 Å². The molecule has 0 saturated carbocycles. The lowest BCUT2D eigenvalue weighted by atomic mass is 10.2. The number of halogens is 1. The highest BCUT2D eigenvalue weighted by Crippen LogP contribution is 2.27. The monoisotopic (exact) mass is 405 g/mol. The van der Waals surface area contributed by atoms with Gasteiger partial charge in [-0.05, 0) is 55.7 Å². The third-order valence-corrected chi connectivity index (χ3v) is 5.36. The predicted molar refractivity (Wildman–Crippen MR) is 121 cm³/mol. The molecule has 0 amide bonds. The molecule has 1 aromatic heterocycles. The second-order valence-electron chi connectivity index (χ2n) is 7.66. The first-order chi connectivity index (χ1) is 14.7. The SMILES string of the molecule is CCCc1cc(N2CCC[C@H]2CNc2ccccc2)nc(Nc2ccc(F)cc2)n1. The van der Waals surface area contributed by atoms with E-state index in [0.29, 0.717) is 12.0 Å². The standard InChI is InChI=1S/C24H28FN5/c1-2-7-21-16-23(29-24(28-21)27-20-13-11-18(25)12-14-20)30-15-6-10-22(30)17-26-19-8-4-3-5-9-19/h3-5,8-9,11-14,16,22,26H,2,6-7,10,15,17H2,1H3,(H,27,28,29)/t22-/m0/s1. The van der Waals surface area contributed by atoms with Gasteiger partial charge in [-0.25, -0.2) is 9.37 Å². The van der Waals surface area contributed by atoms with Crippen molar-refractivity contribution in [3.05, 3.63) is 72.2 Å². The van der Waals surface area contributed by atoms with Gasteiger partial charge >= 0.3 is 0 Å². The molecule has 0 unspecified atom stereocenters. The molecule has 1 atom stereocenters. The fourth-order valence-corrected chi connectivity index (χ4v) is 3.87. The van der Waals surface area contributed by atoms with Gasteiger partial charge in [0.2, 0.25) is 5.95 Å². The zero-order valence-corrected chi connectivity index (χ0v) is 17.3. The first-order valence-corrected chi connectivity index (χ1v) is 10.7. The van der Waals surface area contributed by atoms with Gasteiger partial charge in [-0.3, -0.25) is 0 Å². The molecule has 5 nitrogen and oxygen atoms in total. The first kappa shape index (κ1) is 20.1. The Bertz CT molecular complexity index is 946. The van der Waals surface area contributed by atoms with Crippen LogP contribution < -0.4 is 15.5 Å². The van der Waals surface area contributed by atoms with Gasteiger partial charge in [0.25, 0.3) is 0 Å². The number of hydrogen-bond acceptors (Lipinski definition) is 5. The minimum absolute atomic E-state index is 0.257. The van der Waals surface area contributed by atoms with E-state index < -0.39 is 0 Å². The molecule has 0 aliphatic carbocycles. The molecule has 1 aliphatic heterocycles. The largest absolute Gasteiger partial charge is 0.383 e. The quantitative estimate of drug-likeness (QED) is 0.526. The highest BCUT2D eigenvalue weighted by Gasteiger charge is 2.26. The van der Waals surface area contributed by atoms with Crippen molar-refractivity contribution in [3.8, 4) is 0 Å². The van der Waals surface area contributed by atoms with Crippen LogP contribution in [0.1, 0.15) is 31.9 Å². The summed E-state index contributed by atoms with van der Waals surface area (Å²) in [5, 5.41) is 6.78. The van der Waals surface area contributed by atoms with Crippen LogP contribution in [-0.4, -0.2) is 29.1 Å². The van der Waals surface area contributed by atoms with Crippen molar-refractivity contribution < 1.29 is 4.39 Å². The number of aromatic nitrogens is 2. The molecule has 0 radical (unpaired) electrons. The molecule has 30 heavy (non-hydrogen) atoms. The summed E-state index contributed by atoms with van der Waals surface area (Å²) in [5.41, 5.74) is 2.94. The van der Waals surface area contributed by atoms with Crippen molar-refractivity contribution in [3.63, 3.8) is 0 Å². The van der Waals surface area contributed by atoms with Crippen LogP contribution in [0, 0.1) is 5.82 Å². The van der Waals surface area contributed by atoms with Crippen molar-refractivity contribution in [2.75, 3.05) is 28.6 Å². The Hall–Kier alpha value is -3.15. The van der Waals surface area contributed by atoms with E-state index in [1.54, 1.807) is 12.1 Å². The highest BCUT2D eigenvalue weighted by molar-refractivity contribution is 5.56. The Labute approximate surface area is 177 Å². The molecule has 4 rings (SSSR count). The summed E-state index contributed by atoms with van der Waals surface area (Å²) in [6, 6.07) is 19.1. The molecule has 6 heteroatoms. The van der Waals surface area contributed by atoms with E-state index in [0.717, 1.165) is 61.7 Å². The minimum atomic E-state index is -0.257. The van der Waals surface area contributed by atoms with E-state index in [-0.39, 0.29) is 5.82 Å². The first-order valence-electron chi connectivity index (χ1n) is 10.7. The van der Waals surface area contributed by atoms with Crippen molar-refractivity contribution in [1.29, 1.82) is 0 Å². The predicted octanol–water partition coefficient (Wildman–Crippen LogP) is 5.39. The molecule has 2 aromatic carbocycles. The van der Waals surface area contributed by atoms with Crippen molar-refractivity contribution in [2.45, 2.75) is 38.6 Å². The maximum Gasteiger partial charge on any atom is 0.229 e. The Balaban J connectivity index is 1.53. The second kappa shape index (κ2) is 9.57. The summed E-state index contributed by atoms with van der Waals surface area (Å²) < 4.78 is 13.2. The lowest BCUT2D eigenvalue weighted by molar-refractivity contribution is 0.628. The summed E-state index contributed by atoms with van der Waals surface area (Å²) in [4.78, 5) is 11.9. The zero-order chi connectivity index (χ0) is 20.8. The Morgan fingerprint density at radius 2 is 1.83 bits per heavy atom. The van der Waals surface area contributed by atoms with Crippen LogP contribution in [-0.2, 0) is 6.42 Å². The molecule has 2 heterocycles. The number of anilines is 4. The smallest absolute Gasteiger partial charge is 0.229 e. The van der Waals surface area contributed by atoms with Gasteiger partial charge in [0.15, 0.2) is 0 Å². The van der Waals surface area contributed by atoms with Gasteiger partial charge in [-0.2, -0.15) is 4.98 Å². The van der Waals surface area contributed by atoms with E-state index >= 15 is 0 Å². The van der Waals surface area contributed by atoms with Crippen molar-refractivity contribution in [1.82, 2.24) is 9.97 Å². The van der Waals surface area contributed by atoms with Gasteiger partial charge < -0.3 is 15.5 Å². The van der Waals surface area contributed by atoms with Gasteiger partial charge in [0.05, 0.1) is 0 Å². The summed E-state index contributed by atoms with van der Waals surface area (Å²) in [6.07, 6.45) is 4.20. The summed E-state index contributed by atoms with van der Waals surface area (Å²) >= 11 is 0. The van der Waals surface area contributed by atoms with Crippen molar-refractivity contribution >= 4 is 23.1 Å². The zero-order valence-electron chi connectivity index (χ0n) is 17.3. The summed E-state index contributed by atoms with van der Waals surface area (Å²) in [6.45, 7) is 4.01. The van der Waals surface area contributed by atoms with Gasteiger partial charge in [-0.15, -0.1) is 0 Å². The second-order valence-corrected chi connectivity index (χ2v) is 7.66. The van der Waals surface area contributed by atoms with Crippen LogP contribution in [0.4, 0.5) is 27.5 Å². The fourth-order valence-electron chi connectivity index (χ4n) is 3.87. The summed E-state index contributed by atoms with van der Waals surface area (Å²) in [5.74, 6) is 1.26. The van der Waals surface area contributed by atoms with Crippen LogP contribution in [0.15, 0.2) is 60.7 Å². The average Bonchev–Trinajstić information content (AvgIpc) is 3.24. The molecular formula is C24H28FN5. The van der Waals surface area contributed by atoms with E-state index in [9.17, 15) is 4.39 Å². The third kappa shape index (κ3) is 5.06. The molecular weight excluding hydrogens is 377 g/mol. The minimum Gasteiger partial charge on any atom is -0.383 e. The number of benzene rings is 2. The molecule has 3 aromatic rings. The highest BCUT2D eigenvalue weighted by atomic mass is 19.1. The van der Waals surface area contributed by atoms with Gasteiger partial charge in [0, 0.05) is 42.3 Å². The number of para-hydroxylation sites is 1. The number of rotatable bonds is 8. The molecule has 1 fully saturated rings. The molecule has 156 valence electrons. The van der Waals surface area contributed by atoms with Crippen LogP contribution in [0.3, 0.4) is 0 Å². The van der Waals surface area contributed by atoms with Crippen molar-refractivity contribution in [2.24, 2.45) is 0 Å².